The zero-order chi connectivity index (χ0) is 15.7. The van der Waals surface area contributed by atoms with Crippen LogP contribution in [0.3, 0.4) is 0 Å². The van der Waals surface area contributed by atoms with E-state index >= 15 is 0 Å². The van der Waals surface area contributed by atoms with Crippen LogP contribution in [0.2, 0.25) is 0 Å². The fourth-order valence-electron chi connectivity index (χ4n) is 2.61. The van der Waals surface area contributed by atoms with Gasteiger partial charge in [-0.1, -0.05) is 18.3 Å². The Hall–Kier alpha value is -0.600. The minimum Gasteiger partial charge on any atom is -0.354 e. The number of piperidine rings is 1. The first-order valence-corrected chi connectivity index (χ1v) is 9.17. The molecule has 2 N–H and O–H groups in total. The largest absolute Gasteiger partial charge is 0.354 e. The number of nitrogens with one attached hydrogen (secondary N) is 2. The fourth-order valence-corrected chi connectivity index (χ4v) is 4.66. The van der Waals surface area contributed by atoms with E-state index in [0.717, 1.165) is 52.0 Å². The van der Waals surface area contributed by atoms with Gasteiger partial charge in [0.15, 0.2) is 5.13 Å². The summed E-state index contributed by atoms with van der Waals surface area (Å²) in [6, 6.07) is 1.96. The van der Waals surface area contributed by atoms with Crippen molar-refractivity contribution >= 4 is 68.1 Å². The Morgan fingerprint density at radius 1 is 1.33 bits per heavy atom. The zero-order valence-corrected chi connectivity index (χ0v) is 17.3. The van der Waals surface area contributed by atoms with Crippen molar-refractivity contribution in [2.45, 2.75) is 19.8 Å². The summed E-state index contributed by atoms with van der Waals surface area (Å²) < 4.78 is 1.09. The van der Waals surface area contributed by atoms with Crippen molar-refractivity contribution < 1.29 is 4.79 Å². The Balaban J connectivity index is 0.00000144. The number of fused-ring (bicyclic) bond motifs is 1. The quantitative estimate of drug-likeness (QED) is 0.810. The summed E-state index contributed by atoms with van der Waals surface area (Å²) >= 11 is 3.10. The highest BCUT2D eigenvalue weighted by Crippen LogP contribution is 2.34. The van der Waals surface area contributed by atoms with Crippen molar-refractivity contribution in [3.05, 3.63) is 10.9 Å². The number of carbonyl (C=O) groups excluding carboxylic acids is 1. The summed E-state index contributed by atoms with van der Waals surface area (Å²) in [5.74, 6) is 0.0290. The highest BCUT2D eigenvalue weighted by Gasteiger charge is 2.27. The van der Waals surface area contributed by atoms with Gasteiger partial charge in [-0.2, -0.15) is 0 Å². The third kappa shape index (κ3) is 4.73. The van der Waals surface area contributed by atoms with E-state index in [1.54, 1.807) is 11.3 Å². The molecular weight excluding hydrogens is 387 g/mol. The normalized spacial score (nSPS) is 16.1. The SMILES string of the molecule is CN(C)c1nc2sc(C(=O)NCC3(C)CCNCC3)cc2s1.Cl.Cl. The smallest absolute Gasteiger partial charge is 0.261 e. The van der Waals surface area contributed by atoms with Crippen LogP contribution in [0.5, 0.6) is 0 Å². The first kappa shape index (κ1) is 21.4. The standard InChI is InChI=1S/C15H22N4OS2.2ClH/c1-15(4-6-16-7-5-15)9-17-12(20)10-8-11-13(21-10)18-14(22-11)19(2)3;;/h8,16H,4-7,9H2,1-3H3,(H,17,20);2*1H. The van der Waals surface area contributed by atoms with Crippen molar-refractivity contribution in [3.63, 3.8) is 0 Å². The molecule has 3 rings (SSSR count). The molecule has 136 valence electrons. The second-order valence-electron chi connectivity index (χ2n) is 6.41. The highest BCUT2D eigenvalue weighted by molar-refractivity contribution is 7.29. The van der Waals surface area contributed by atoms with Crippen molar-refractivity contribution in [1.82, 2.24) is 15.6 Å². The Bertz CT molecular complexity index is 649. The van der Waals surface area contributed by atoms with Gasteiger partial charge in [0.25, 0.3) is 5.91 Å². The number of carbonyl (C=O) groups is 1. The molecule has 0 unspecified atom stereocenters. The molecule has 2 aromatic heterocycles. The number of halogens is 2. The number of aromatic nitrogens is 1. The monoisotopic (exact) mass is 410 g/mol. The van der Waals surface area contributed by atoms with Crippen molar-refractivity contribution in [2.75, 3.05) is 38.6 Å². The number of thiophene rings is 1. The fraction of sp³-hybridized carbons (Fsp3) is 0.600. The molecule has 0 atom stereocenters. The van der Waals surface area contributed by atoms with Gasteiger partial charge < -0.3 is 15.5 Å². The van der Waals surface area contributed by atoms with Crippen LogP contribution < -0.4 is 15.5 Å². The summed E-state index contributed by atoms with van der Waals surface area (Å²) in [6.45, 7) is 5.08. The van der Waals surface area contributed by atoms with E-state index in [0.29, 0.717) is 0 Å². The number of hydrogen-bond donors (Lipinski definition) is 2. The minimum atomic E-state index is 0. The Kier molecular flexibility index (Phi) is 7.75. The molecular formula is C15H24Cl2N4OS2. The summed E-state index contributed by atoms with van der Waals surface area (Å²) in [4.78, 5) is 20.6. The van der Waals surface area contributed by atoms with Gasteiger partial charge in [0.05, 0.1) is 9.58 Å². The Labute approximate surface area is 163 Å². The average Bonchev–Trinajstić information content (AvgIpc) is 3.04. The molecule has 0 aliphatic carbocycles. The predicted octanol–water partition coefficient (Wildman–Crippen LogP) is 3.39. The Morgan fingerprint density at radius 3 is 2.58 bits per heavy atom. The maximum Gasteiger partial charge on any atom is 0.261 e. The molecule has 9 heteroatoms. The molecule has 1 fully saturated rings. The van der Waals surface area contributed by atoms with Crippen molar-refractivity contribution in [3.8, 4) is 0 Å². The second kappa shape index (κ2) is 8.67. The number of rotatable bonds is 4. The molecule has 2 aromatic rings. The topological polar surface area (TPSA) is 57.3 Å². The van der Waals surface area contributed by atoms with Crippen LogP contribution in [0.15, 0.2) is 6.07 Å². The predicted molar refractivity (Wildman–Crippen MR) is 109 cm³/mol. The summed E-state index contributed by atoms with van der Waals surface area (Å²) in [5, 5.41) is 7.46. The van der Waals surface area contributed by atoms with Crippen LogP contribution in [-0.4, -0.2) is 44.6 Å². The third-order valence-corrected chi connectivity index (χ3v) is 6.50. The van der Waals surface area contributed by atoms with Crippen LogP contribution in [0.1, 0.15) is 29.4 Å². The summed E-state index contributed by atoms with van der Waals surface area (Å²) in [7, 11) is 3.96. The number of nitrogens with zero attached hydrogens (tertiary/aromatic N) is 2. The number of amides is 1. The van der Waals surface area contributed by atoms with Gasteiger partial charge in [0, 0.05) is 20.6 Å². The molecule has 0 spiro atoms. The van der Waals surface area contributed by atoms with E-state index < -0.39 is 0 Å². The van der Waals surface area contributed by atoms with Gasteiger partial charge in [-0.25, -0.2) is 4.98 Å². The molecule has 1 aliphatic heterocycles. The van der Waals surface area contributed by atoms with Crippen molar-refractivity contribution in [2.24, 2.45) is 5.41 Å². The van der Waals surface area contributed by atoms with E-state index in [4.69, 9.17) is 0 Å². The van der Waals surface area contributed by atoms with Gasteiger partial charge in [0.2, 0.25) is 0 Å². The number of thiazole rings is 1. The lowest BCUT2D eigenvalue weighted by atomic mass is 9.81. The van der Waals surface area contributed by atoms with E-state index in [1.807, 2.05) is 25.1 Å². The first-order chi connectivity index (χ1) is 10.5. The molecule has 0 aromatic carbocycles. The van der Waals surface area contributed by atoms with Gasteiger partial charge in [-0.15, -0.1) is 36.2 Å². The molecule has 0 radical (unpaired) electrons. The molecule has 24 heavy (non-hydrogen) atoms. The molecule has 5 nitrogen and oxygen atoms in total. The minimum absolute atomic E-state index is 0. The van der Waals surface area contributed by atoms with Gasteiger partial charge >= 0.3 is 0 Å². The third-order valence-electron chi connectivity index (χ3n) is 4.17. The van der Waals surface area contributed by atoms with Crippen LogP contribution >= 0.6 is 47.5 Å². The lowest BCUT2D eigenvalue weighted by Crippen LogP contribution is -2.42. The molecule has 1 aliphatic rings. The lowest BCUT2D eigenvalue weighted by molar-refractivity contribution is 0.0926. The molecule has 0 bridgehead atoms. The average molecular weight is 411 g/mol. The van der Waals surface area contributed by atoms with E-state index in [2.05, 4.69) is 22.5 Å². The number of hydrogen-bond acceptors (Lipinski definition) is 6. The van der Waals surface area contributed by atoms with Crippen LogP contribution in [0.25, 0.3) is 9.53 Å². The lowest BCUT2D eigenvalue weighted by Gasteiger charge is -2.34. The molecule has 1 saturated heterocycles. The first-order valence-electron chi connectivity index (χ1n) is 7.53. The van der Waals surface area contributed by atoms with Crippen LogP contribution in [0.4, 0.5) is 5.13 Å². The van der Waals surface area contributed by atoms with Gasteiger partial charge in [0.1, 0.15) is 4.83 Å². The maximum absolute atomic E-state index is 12.4. The Morgan fingerprint density at radius 2 is 2.00 bits per heavy atom. The van der Waals surface area contributed by atoms with Crippen molar-refractivity contribution in [1.29, 1.82) is 0 Å². The van der Waals surface area contributed by atoms with Crippen LogP contribution in [0, 0.1) is 5.41 Å². The summed E-state index contributed by atoms with van der Waals surface area (Å²) in [6.07, 6.45) is 2.22. The highest BCUT2D eigenvalue weighted by atomic mass is 35.5. The molecule has 3 heterocycles. The maximum atomic E-state index is 12.4. The van der Waals surface area contributed by atoms with Gasteiger partial charge in [-0.3, -0.25) is 4.79 Å². The summed E-state index contributed by atoms with van der Waals surface area (Å²) in [5.41, 5.74) is 0.214. The van der Waals surface area contributed by atoms with E-state index in [9.17, 15) is 4.79 Å². The second-order valence-corrected chi connectivity index (χ2v) is 8.45. The molecule has 1 amide bonds. The van der Waals surface area contributed by atoms with E-state index in [1.165, 1.54) is 11.3 Å². The van der Waals surface area contributed by atoms with E-state index in [-0.39, 0.29) is 36.1 Å². The zero-order valence-electron chi connectivity index (χ0n) is 14.0. The van der Waals surface area contributed by atoms with Gasteiger partial charge in [-0.05, 0) is 37.4 Å². The molecule has 0 saturated carbocycles. The van der Waals surface area contributed by atoms with Crippen LogP contribution in [-0.2, 0) is 0 Å². The number of anilines is 1.